The summed E-state index contributed by atoms with van der Waals surface area (Å²) in [6, 6.07) is 1.94. The standard InChI is InChI=1S/C12H18N2O2S/c1-8(9-2-5-16-6-3-9)14-12(15)11-10(13)4-7-17-11/h4,7-9H,2-3,5-6,13H2,1H3,(H,14,15). The molecule has 94 valence electrons. The Balaban J connectivity index is 1.92. The lowest BCUT2D eigenvalue weighted by molar-refractivity contribution is 0.0539. The second-order valence-corrected chi connectivity index (χ2v) is 5.33. The smallest absolute Gasteiger partial charge is 0.263 e. The zero-order chi connectivity index (χ0) is 12.3. The van der Waals surface area contributed by atoms with E-state index < -0.39 is 0 Å². The lowest BCUT2D eigenvalue weighted by Gasteiger charge is -2.28. The fraction of sp³-hybridized carbons (Fsp3) is 0.583. The van der Waals surface area contributed by atoms with E-state index >= 15 is 0 Å². The van der Waals surface area contributed by atoms with E-state index in [0.29, 0.717) is 16.5 Å². The van der Waals surface area contributed by atoms with Crippen molar-refractivity contribution in [3.63, 3.8) is 0 Å². The van der Waals surface area contributed by atoms with Gasteiger partial charge in [0.25, 0.3) is 5.91 Å². The van der Waals surface area contributed by atoms with Crippen LogP contribution in [0.3, 0.4) is 0 Å². The summed E-state index contributed by atoms with van der Waals surface area (Å²) >= 11 is 1.38. The van der Waals surface area contributed by atoms with Crippen molar-refractivity contribution in [3.8, 4) is 0 Å². The van der Waals surface area contributed by atoms with E-state index in [4.69, 9.17) is 10.5 Å². The van der Waals surface area contributed by atoms with Crippen LogP contribution in [0.4, 0.5) is 5.69 Å². The van der Waals surface area contributed by atoms with Crippen molar-refractivity contribution in [2.45, 2.75) is 25.8 Å². The number of nitrogens with two attached hydrogens (primary N) is 1. The van der Waals surface area contributed by atoms with Gasteiger partial charge in [0.15, 0.2) is 0 Å². The van der Waals surface area contributed by atoms with Crippen LogP contribution in [0.2, 0.25) is 0 Å². The molecule has 1 aliphatic rings. The van der Waals surface area contributed by atoms with Gasteiger partial charge in [-0.15, -0.1) is 11.3 Å². The number of nitrogen functional groups attached to an aromatic ring is 1. The van der Waals surface area contributed by atoms with Crippen LogP contribution in [0, 0.1) is 5.92 Å². The lowest BCUT2D eigenvalue weighted by atomic mass is 9.93. The third kappa shape index (κ3) is 2.98. The lowest BCUT2D eigenvalue weighted by Crippen LogP contribution is -2.40. The molecule has 17 heavy (non-hydrogen) atoms. The molecule has 0 radical (unpaired) electrons. The van der Waals surface area contributed by atoms with Gasteiger partial charge in [-0.3, -0.25) is 4.79 Å². The summed E-state index contributed by atoms with van der Waals surface area (Å²) in [5.41, 5.74) is 6.29. The van der Waals surface area contributed by atoms with E-state index in [1.54, 1.807) is 6.07 Å². The Kier molecular flexibility index (Phi) is 4.02. The van der Waals surface area contributed by atoms with E-state index in [1.807, 2.05) is 5.38 Å². The largest absolute Gasteiger partial charge is 0.397 e. The Morgan fingerprint density at radius 3 is 2.88 bits per heavy atom. The topological polar surface area (TPSA) is 64.4 Å². The first-order valence-corrected chi connectivity index (χ1v) is 6.78. The van der Waals surface area contributed by atoms with Gasteiger partial charge in [-0.25, -0.2) is 0 Å². The van der Waals surface area contributed by atoms with Gasteiger partial charge < -0.3 is 15.8 Å². The van der Waals surface area contributed by atoms with Gasteiger partial charge in [-0.1, -0.05) is 0 Å². The minimum atomic E-state index is -0.0588. The van der Waals surface area contributed by atoms with E-state index in [1.165, 1.54) is 11.3 Å². The number of hydrogen-bond donors (Lipinski definition) is 2. The highest BCUT2D eigenvalue weighted by molar-refractivity contribution is 7.12. The van der Waals surface area contributed by atoms with E-state index in [-0.39, 0.29) is 11.9 Å². The molecule has 1 aliphatic heterocycles. The number of carbonyl (C=O) groups excluding carboxylic acids is 1. The number of amides is 1. The number of anilines is 1. The highest BCUT2D eigenvalue weighted by Crippen LogP contribution is 2.21. The third-order valence-electron chi connectivity index (χ3n) is 3.23. The van der Waals surface area contributed by atoms with E-state index in [9.17, 15) is 4.79 Å². The SMILES string of the molecule is CC(NC(=O)c1sccc1N)C1CCOCC1. The summed E-state index contributed by atoms with van der Waals surface area (Å²) in [6.45, 7) is 3.65. The minimum Gasteiger partial charge on any atom is -0.397 e. The van der Waals surface area contributed by atoms with Crippen molar-refractivity contribution in [2.75, 3.05) is 18.9 Å². The highest BCUT2D eigenvalue weighted by Gasteiger charge is 2.23. The third-order valence-corrected chi connectivity index (χ3v) is 4.16. The first-order chi connectivity index (χ1) is 8.18. The summed E-state index contributed by atoms with van der Waals surface area (Å²) < 4.78 is 5.32. The molecule has 1 atom stereocenters. The van der Waals surface area contributed by atoms with E-state index in [0.717, 1.165) is 26.1 Å². The maximum atomic E-state index is 12.0. The molecule has 3 N–H and O–H groups in total. The molecule has 0 spiro atoms. The molecule has 0 aromatic carbocycles. The first-order valence-electron chi connectivity index (χ1n) is 5.90. The molecule has 1 aromatic heterocycles. The van der Waals surface area contributed by atoms with Crippen LogP contribution >= 0.6 is 11.3 Å². The van der Waals surface area contributed by atoms with Gasteiger partial charge in [0, 0.05) is 19.3 Å². The summed E-state index contributed by atoms with van der Waals surface area (Å²) in [6.07, 6.45) is 2.03. The maximum Gasteiger partial charge on any atom is 0.263 e. The zero-order valence-electron chi connectivity index (χ0n) is 9.94. The first kappa shape index (κ1) is 12.4. The molecular formula is C12H18N2O2S. The fourth-order valence-corrected chi connectivity index (χ4v) is 2.83. The number of rotatable bonds is 3. The Hall–Kier alpha value is -1.07. The average molecular weight is 254 g/mol. The molecule has 1 saturated heterocycles. The van der Waals surface area contributed by atoms with Gasteiger partial charge in [-0.2, -0.15) is 0 Å². The van der Waals surface area contributed by atoms with Gasteiger partial charge in [0.05, 0.1) is 5.69 Å². The predicted molar refractivity (Wildman–Crippen MR) is 69.2 cm³/mol. The molecule has 1 amide bonds. The van der Waals surface area contributed by atoms with Crippen molar-refractivity contribution >= 4 is 22.9 Å². The zero-order valence-corrected chi connectivity index (χ0v) is 10.8. The Labute approximate surface area is 105 Å². The molecule has 1 unspecified atom stereocenters. The Morgan fingerprint density at radius 2 is 2.29 bits per heavy atom. The molecule has 0 aliphatic carbocycles. The number of thiophene rings is 1. The Bertz CT molecular complexity index is 386. The van der Waals surface area contributed by atoms with Gasteiger partial charge in [0.1, 0.15) is 4.88 Å². The van der Waals surface area contributed by atoms with Crippen molar-refractivity contribution in [1.29, 1.82) is 0 Å². The number of nitrogens with one attached hydrogen (secondary N) is 1. The monoisotopic (exact) mass is 254 g/mol. The summed E-state index contributed by atoms with van der Waals surface area (Å²) in [4.78, 5) is 12.6. The predicted octanol–water partition coefficient (Wildman–Crippen LogP) is 1.88. The number of carbonyl (C=O) groups is 1. The average Bonchev–Trinajstić information content (AvgIpc) is 2.76. The molecular weight excluding hydrogens is 236 g/mol. The highest BCUT2D eigenvalue weighted by atomic mass is 32.1. The van der Waals surface area contributed by atoms with Crippen LogP contribution in [0.15, 0.2) is 11.4 Å². The van der Waals surface area contributed by atoms with E-state index in [2.05, 4.69) is 12.2 Å². The molecule has 1 fully saturated rings. The second kappa shape index (κ2) is 5.51. The molecule has 1 aromatic rings. The summed E-state index contributed by atoms with van der Waals surface area (Å²) in [5, 5.41) is 4.87. The molecule has 0 saturated carbocycles. The molecule has 2 heterocycles. The molecule has 2 rings (SSSR count). The second-order valence-electron chi connectivity index (χ2n) is 4.42. The van der Waals surface area contributed by atoms with Crippen LogP contribution in [-0.2, 0) is 4.74 Å². The van der Waals surface area contributed by atoms with Gasteiger partial charge >= 0.3 is 0 Å². The number of ether oxygens (including phenoxy) is 1. The fourth-order valence-electron chi connectivity index (χ4n) is 2.11. The van der Waals surface area contributed by atoms with Crippen molar-refractivity contribution in [2.24, 2.45) is 5.92 Å². The molecule has 4 nitrogen and oxygen atoms in total. The number of hydrogen-bond acceptors (Lipinski definition) is 4. The van der Waals surface area contributed by atoms with Crippen molar-refractivity contribution in [3.05, 3.63) is 16.3 Å². The summed E-state index contributed by atoms with van der Waals surface area (Å²) in [7, 11) is 0. The quantitative estimate of drug-likeness (QED) is 0.865. The van der Waals surface area contributed by atoms with Gasteiger partial charge in [0.2, 0.25) is 0 Å². The molecule has 5 heteroatoms. The summed E-state index contributed by atoms with van der Waals surface area (Å²) in [5.74, 6) is 0.449. The van der Waals surface area contributed by atoms with Crippen LogP contribution in [0.5, 0.6) is 0 Å². The van der Waals surface area contributed by atoms with Crippen LogP contribution in [0.1, 0.15) is 29.4 Å². The van der Waals surface area contributed by atoms with Crippen LogP contribution in [-0.4, -0.2) is 25.2 Å². The maximum absolute atomic E-state index is 12.0. The minimum absolute atomic E-state index is 0.0588. The van der Waals surface area contributed by atoms with Crippen LogP contribution in [0.25, 0.3) is 0 Å². The molecule has 0 bridgehead atoms. The van der Waals surface area contributed by atoms with Gasteiger partial charge in [-0.05, 0) is 37.1 Å². The van der Waals surface area contributed by atoms with Crippen LogP contribution < -0.4 is 11.1 Å². The van der Waals surface area contributed by atoms with Crippen molar-refractivity contribution < 1.29 is 9.53 Å². The normalized spacial score (nSPS) is 18.9. The van der Waals surface area contributed by atoms with Crippen molar-refractivity contribution in [1.82, 2.24) is 5.32 Å². The Morgan fingerprint density at radius 1 is 1.59 bits per heavy atom.